The maximum atomic E-state index is 5.98. The van der Waals surface area contributed by atoms with Gasteiger partial charge in [0.1, 0.15) is 5.75 Å². The van der Waals surface area contributed by atoms with Gasteiger partial charge >= 0.3 is 0 Å². The molecule has 0 aliphatic heterocycles. The maximum Gasteiger partial charge on any atom is 0.120 e. The highest BCUT2D eigenvalue weighted by atomic mass is 16.5. The summed E-state index contributed by atoms with van der Waals surface area (Å²) >= 11 is 0. The van der Waals surface area contributed by atoms with Crippen LogP contribution in [0, 0.1) is 0 Å². The maximum absolute atomic E-state index is 5.98. The third kappa shape index (κ3) is 3.08. The molecule has 0 bridgehead atoms. The van der Waals surface area contributed by atoms with E-state index in [-0.39, 0.29) is 6.04 Å². The Morgan fingerprint density at radius 1 is 1.25 bits per heavy atom. The molecular weight excluding hydrogens is 250 g/mol. The Bertz CT molecular complexity index is 554. The van der Waals surface area contributed by atoms with Crippen molar-refractivity contribution in [1.82, 2.24) is 4.98 Å². The van der Waals surface area contributed by atoms with Gasteiger partial charge in [-0.25, -0.2) is 0 Å². The largest absolute Gasteiger partial charge is 0.497 e. The van der Waals surface area contributed by atoms with Crippen molar-refractivity contribution in [1.29, 1.82) is 0 Å². The van der Waals surface area contributed by atoms with Crippen LogP contribution in [0.1, 0.15) is 25.1 Å². The zero-order valence-corrected chi connectivity index (χ0v) is 12.2. The topological polar surface area (TPSA) is 51.4 Å². The molecule has 0 radical (unpaired) electrons. The van der Waals surface area contributed by atoms with Crippen LogP contribution in [0.4, 0.5) is 11.4 Å². The van der Waals surface area contributed by atoms with Crippen LogP contribution < -0.4 is 15.4 Å². The van der Waals surface area contributed by atoms with Crippen molar-refractivity contribution >= 4 is 11.4 Å². The van der Waals surface area contributed by atoms with Gasteiger partial charge in [-0.15, -0.1) is 0 Å². The zero-order chi connectivity index (χ0) is 14.5. The first kappa shape index (κ1) is 14.3. The van der Waals surface area contributed by atoms with Gasteiger partial charge in [-0.3, -0.25) is 4.98 Å². The van der Waals surface area contributed by atoms with Crippen molar-refractivity contribution in [3.63, 3.8) is 0 Å². The van der Waals surface area contributed by atoms with E-state index in [0.717, 1.165) is 29.2 Å². The Labute approximate surface area is 120 Å². The van der Waals surface area contributed by atoms with Crippen LogP contribution in [0.25, 0.3) is 0 Å². The lowest BCUT2D eigenvalue weighted by Gasteiger charge is -2.20. The smallest absolute Gasteiger partial charge is 0.120 e. The standard InChI is InChI=1S/C16H21N3O/c1-4-15(17)16-9-8-13(11-18-16)19(2)12-6-5-7-14(10-12)20-3/h5-11,15H,4,17H2,1-3H3. The number of ether oxygens (including phenoxy) is 1. The van der Waals surface area contributed by atoms with Gasteiger partial charge in [0, 0.05) is 24.8 Å². The van der Waals surface area contributed by atoms with E-state index >= 15 is 0 Å². The Hall–Kier alpha value is -2.07. The first-order valence-electron chi connectivity index (χ1n) is 6.75. The lowest BCUT2D eigenvalue weighted by atomic mass is 10.1. The van der Waals surface area contributed by atoms with Crippen molar-refractivity contribution < 1.29 is 4.74 Å². The Morgan fingerprint density at radius 2 is 2.05 bits per heavy atom. The quantitative estimate of drug-likeness (QED) is 0.906. The number of nitrogens with two attached hydrogens (primary N) is 1. The lowest BCUT2D eigenvalue weighted by molar-refractivity contribution is 0.415. The first-order chi connectivity index (χ1) is 9.65. The molecule has 0 fully saturated rings. The summed E-state index contributed by atoms with van der Waals surface area (Å²) in [4.78, 5) is 6.51. The molecule has 0 spiro atoms. The number of hydrogen-bond acceptors (Lipinski definition) is 4. The predicted octanol–water partition coefficient (Wildman–Crippen LogP) is 3.27. The number of hydrogen-bond donors (Lipinski definition) is 1. The van der Waals surface area contributed by atoms with E-state index in [0.29, 0.717) is 0 Å². The van der Waals surface area contributed by atoms with E-state index in [2.05, 4.69) is 16.8 Å². The summed E-state index contributed by atoms with van der Waals surface area (Å²) in [7, 11) is 3.67. The lowest BCUT2D eigenvalue weighted by Crippen LogP contribution is -2.13. The molecule has 20 heavy (non-hydrogen) atoms. The van der Waals surface area contributed by atoms with Gasteiger partial charge in [0.25, 0.3) is 0 Å². The second kappa shape index (κ2) is 6.39. The van der Waals surface area contributed by atoms with Crippen molar-refractivity contribution in [2.24, 2.45) is 5.73 Å². The van der Waals surface area contributed by atoms with Crippen molar-refractivity contribution in [2.45, 2.75) is 19.4 Å². The van der Waals surface area contributed by atoms with E-state index < -0.39 is 0 Å². The molecule has 4 heteroatoms. The number of pyridine rings is 1. The zero-order valence-electron chi connectivity index (χ0n) is 12.2. The molecule has 2 rings (SSSR count). The molecule has 0 saturated heterocycles. The minimum absolute atomic E-state index is 0.00572. The highest BCUT2D eigenvalue weighted by Crippen LogP contribution is 2.26. The summed E-state index contributed by atoms with van der Waals surface area (Å²) in [5.74, 6) is 0.840. The van der Waals surface area contributed by atoms with E-state index in [1.54, 1.807) is 7.11 Å². The highest BCUT2D eigenvalue weighted by Gasteiger charge is 2.08. The summed E-state index contributed by atoms with van der Waals surface area (Å²) < 4.78 is 5.25. The summed E-state index contributed by atoms with van der Waals surface area (Å²) in [6, 6.07) is 12.0. The van der Waals surface area contributed by atoms with E-state index in [4.69, 9.17) is 10.5 Å². The minimum atomic E-state index is 0.00572. The van der Waals surface area contributed by atoms with Crippen LogP contribution in [0.15, 0.2) is 42.6 Å². The van der Waals surface area contributed by atoms with Crippen LogP contribution in [-0.2, 0) is 0 Å². The summed E-state index contributed by atoms with van der Waals surface area (Å²) in [5, 5.41) is 0. The van der Waals surface area contributed by atoms with Gasteiger partial charge in [0.05, 0.1) is 24.7 Å². The summed E-state index contributed by atoms with van der Waals surface area (Å²) in [6.45, 7) is 2.06. The number of benzene rings is 1. The summed E-state index contributed by atoms with van der Waals surface area (Å²) in [6.07, 6.45) is 2.74. The molecule has 106 valence electrons. The second-order valence-corrected chi connectivity index (χ2v) is 4.72. The molecule has 0 aliphatic rings. The van der Waals surface area contributed by atoms with Gasteiger partial charge in [0.15, 0.2) is 0 Å². The number of aromatic nitrogens is 1. The third-order valence-electron chi connectivity index (χ3n) is 3.42. The van der Waals surface area contributed by atoms with E-state index in [1.165, 1.54) is 0 Å². The SMILES string of the molecule is CCC(N)c1ccc(N(C)c2cccc(OC)c2)cn1. The molecule has 4 nitrogen and oxygen atoms in total. The molecule has 2 N–H and O–H groups in total. The van der Waals surface area contributed by atoms with Crippen molar-refractivity contribution in [3.8, 4) is 5.75 Å². The second-order valence-electron chi connectivity index (χ2n) is 4.72. The molecule has 2 aromatic rings. The van der Waals surface area contributed by atoms with Crippen LogP contribution in [0.2, 0.25) is 0 Å². The Kier molecular flexibility index (Phi) is 4.58. The predicted molar refractivity (Wildman–Crippen MR) is 82.5 cm³/mol. The molecule has 0 aliphatic carbocycles. The molecule has 0 amide bonds. The van der Waals surface area contributed by atoms with Gasteiger partial charge in [0.2, 0.25) is 0 Å². The third-order valence-corrected chi connectivity index (χ3v) is 3.42. The van der Waals surface area contributed by atoms with Crippen LogP contribution in [0.3, 0.4) is 0 Å². The first-order valence-corrected chi connectivity index (χ1v) is 6.75. The van der Waals surface area contributed by atoms with Gasteiger partial charge < -0.3 is 15.4 Å². The van der Waals surface area contributed by atoms with Crippen molar-refractivity contribution in [2.75, 3.05) is 19.1 Å². The molecule has 1 aromatic heterocycles. The number of nitrogens with zero attached hydrogens (tertiary/aromatic N) is 2. The molecule has 1 unspecified atom stereocenters. The Balaban J connectivity index is 2.22. The molecule has 0 saturated carbocycles. The van der Waals surface area contributed by atoms with Crippen LogP contribution in [-0.4, -0.2) is 19.1 Å². The minimum Gasteiger partial charge on any atom is -0.497 e. The number of rotatable bonds is 5. The molecular formula is C16H21N3O. The number of anilines is 2. The average Bonchev–Trinajstić information content (AvgIpc) is 2.53. The average molecular weight is 271 g/mol. The fraction of sp³-hybridized carbons (Fsp3) is 0.312. The van der Waals surface area contributed by atoms with Gasteiger partial charge in [-0.1, -0.05) is 13.0 Å². The van der Waals surface area contributed by atoms with Gasteiger partial charge in [-0.05, 0) is 30.7 Å². The van der Waals surface area contributed by atoms with Crippen LogP contribution in [0.5, 0.6) is 5.75 Å². The van der Waals surface area contributed by atoms with Crippen molar-refractivity contribution in [3.05, 3.63) is 48.3 Å². The number of methoxy groups -OCH3 is 1. The monoisotopic (exact) mass is 271 g/mol. The Morgan fingerprint density at radius 3 is 2.65 bits per heavy atom. The fourth-order valence-electron chi connectivity index (χ4n) is 1.99. The van der Waals surface area contributed by atoms with Gasteiger partial charge in [-0.2, -0.15) is 0 Å². The fourth-order valence-corrected chi connectivity index (χ4v) is 1.99. The molecule has 1 heterocycles. The normalized spacial score (nSPS) is 12.0. The van der Waals surface area contributed by atoms with E-state index in [9.17, 15) is 0 Å². The van der Waals surface area contributed by atoms with Crippen LogP contribution >= 0.6 is 0 Å². The van der Waals surface area contributed by atoms with E-state index in [1.807, 2.05) is 49.6 Å². The molecule has 1 atom stereocenters. The highest BCUT2D eigenvalue weighted by molar-refractivity contribution is 5.63. The molecule has 1 aromatic carbocycles. The summed E-state index contributed by atoms with van der Waals surface area (Å²) in [5.41, 5.74) is 8.98.